The maximum absolute atomic E-state index is 12.0. The fourth-order valence-corrected chi connectivity index (χ4v) is 1.16. The smallest absolute Gasteiger partial charge is 0.494 e. The van der Waals surface area contributed by atoms with E-state index in [4.69, 9.17) is 10.5 Å². The minimum Gasteiger partial charge on any atom is -0.494 e. The molecule has 2 N–H and O–H groups in total. The summed E-state index contributed by atoms with van der Waals surface area (Å²) in [6.45, 7) is 1.90. The van der Waals surface area contributed by atoms with E-state index in [9.17, 15) is 18.0 Å². The van der Waals surface area contributed by atoms with Gasteiger partial charge in [-0.2, -0.15) is 0 Å². The first-order chi connectivity index (χ1) is 7.81. The van der Waals surface area contributed by atoms with Crippen molar-refractivity contribution in [3.63, 3.8) is 0 Å². The van der Waals surface area contributed by atoms with E-state index < -0.39 is 18.0 Å². The quantitative estimate of drug-likeness (QED) is 0.888. The highest BCUT2D eigenvalue weighted by atomic mass is 19.4. The molecule has 0 heterocycles. The van der Waals surface area contributed by atoms with Crippen LogP contribution in [0.25, 0.3) is 0 Å². The van der Waals surface area contributed by atoms with Crippen molar-refractivity contribution < 1.29 is 27.4 Å². The van der Waals surface area contributed by atoms with E-state index in [1.807, 2.05) is 0 Å². The lowest BCUT2D eigenvalue weighted by molar-refractivity contribution is -0.274. The number of primary amides is 1. The van der Waals surface area contributed by atoms with E-state index in [0.29, 0.717) is 0 Å². The molecule has 1 amide bonds. The molecule has 0 saturated heterocycles. The number of hydrogen-bond donors (Lipinski definition) is 1. The number of hydrogen-bond acceptors (Lipinski definition) is 3. The summed E-state index contributed by atoms with van der Waals surface area (Å²) in [7, 11) is 0. The number of alkyl halides is 3. The third-order valence-corrected chi connectivity index (χ3v) is 1.71. The number of carbonyl (C=O) groups is 1. The van der Waals surface area contributed by atoms with Gasteiger partial charge in [0.2, 0.25) is 5.91 Å². The van der Waals surface area contributed by atoms with E-state index in [2.05, 4.69) is 4.74 Å². The van der Waals surface area contributed by atoms with Crippen molar-refractivity contribution in [2.75, 3.05) is 6.61 Å². The monoisotopic (exact) mass is 249 g/mol. The molecule has 0 fully saturated rings. The summed E-state index contributed by atoms with van der Waals surface area (Å²) in [5.74, 6) is -1.32. The zero-order chi connectivity index (χ0) is 13.1. The third kappa shape index (κ3) is 4.21. The van der Waals surface area contributed by atoms with Gasteiger partial charge in [0, 0.05) is 11.6 Å². The average molecular weight is 249 g/mol. The highest BCUT2D eigenvalue weighted by molar-refractivity contribution is 5.93. The minimum atomic E-state index is -4.83. The molecule has 0 aromatic heterocycles. The molecule has 17 heavy (non-hydrogen) atoms. The van der Waals surface area contributed by atoms with Crippen LogP contribution in [-0.4, -0.2) is 18.9 Å². The van der Waals surface area contributed by atoms with Gasteiger partial charge in [-0.15, -0.1) is 13.2 Å². The Morgan fingerprint density at radius 3 is 2.35 bits per heavy atom. The normalized spacial score (nSPS) is 11.1. The van der Waals surface area contributed by atoms with Crippen molar-refractivity contribution in [1.82, 2.24) is 0 Å². The first-order valence-electron chi connectivity index (χ1n) is 4.65. The van der Waals surface area contributed by atoms with Gasteiger partial charge in [-0.25, -0.2) is 0 Å². The molecule has 0 aliphatic heterocycles. The van der Waals surface area contributed by atoms with Crippen LogP contribution in [0.15, 0.2) is 18.2 Å². The topological polar surface area (TPSA) is 61.6 Å². The van der Waals surface area contributed by atoms with Crippen LogP contribution in [0.5, 0.6) is 11.5 Å². The number of ether oxygens (including phenoxy) is 2. The van der Waals surface area contributed by atoms with Crippen LogP contribution < -0.4 is 15.2 Å². The summed E-state index contributed by atoms with van der Waals surface area (Å²) in [4.78, 5) is 10.9. The Kier molecular flexibility index (Phi) is 3.82. The van der Waals surface area contributed by atoms with Crippen molar-refractivity contribution in [2.24, 2.45) is 5.73 Å². The van der Waals surface area contributed by atoms with Gasteiger partial charge >= 0.3 is 6.36 Å². The first kappa shape index (κ1) is 13.1. The van der Waals surface area contributed by atoms with Crippen LogP contribution in [0.1, 0.15) is 17.3 Å². The Hall–Kier alpha value is -1.92. The van der Waals surface area contributed by atoms with Crippen molar-refractivity contribution >= 4 is 5.91 Å². The molecular weight excluding hydrogens is 239 g/mol. The second-order valence-electron chi connectivity index (χ2n) is 3.04. The van der Waals surface area contributed by atoms with Gasteiger partial charge in [-0.3, -0.25) is 4.79 Å². The van der Waals surface area contributed by atoms with Crippen LogP contribution in [-0.2, 0) is 0 Å². The predicted molar refractivity (Wildman–Crippen MR) is 52.8 cm³/mol. The molecule has 4 nitrogen and oxygen atoms in total. The lowest BCUT2D eigenvalue weighted by Gasteiger charge is -2.11. The average Bonchev–Trinajstić information content (AvgIpc) is 2.14. The van der Waals surface area contributed by atoms with Crippen LogP contribution in [0.3, 0.4) is 0 Å². The van der Waals surface area contributed by atoms with Gasteiger partial charge in [0.05, 0.1) is 6.61 Å². The molecule has 0 aliphatic carbocycles. The highest BCUT2D eigenvalue weighted by Gasteiger charge is 2.31. The van der Waals surface area contributed by atoms with Crippen LogP contribution in [0, 0.1) is 0 Å². The van der Waals surface area contributed by atoms with Gasteiger partial charge in [0.1, 0.15) is 11.5 Å². The Morgan fingerprint density at radius 2 is 1.88 bits per heavy atom. The maximum Gasteiger partial charge on any atom is 0.573 e. The molecule has 0 aliphatic rings. The molecule has 94 valence electrons. The lowest BCUT2D eigenvalue weighted by atomic mass is 10.2. The van der Waals surface area contributed by atoms with Crippen LogP contribution in [0.4, 0.5) is 13.2 Å². The molecule has 0 bridgehead atoms. The Bertz CT molecular complexity index is 418. The van der Waals surface area contributed by atoms with E-state index in [1.165, 1.54) is 6.07 Å². The Balaban J connectivity index is 3.07. The van der Waals surface area contributed by atoms with E-state index in [-0.39, 0.29) is 17.9 Å². The van der Waals surface area contributed by atoms with Crippen molar-refractivity contribution in [1.29, 1.82) is 0 Å². The van der Waals surface area contributed by atoms with Crippen molar-refractivity contribution in [3.05, 3.63) is 23.8 Å². The molecule has 1 aromatic rings. The van der Waals surface area contributed by atoms with Gasteiger partial charge in [0.15, 0.2) is 0 Å². The van der Waals surface area contributed by atoms with Gasteiger partial charge in [0.25, 0.3) is 0 Å². The largest absolute Gasteiger partial charge is 0.573 e. The minimum absolute atomic E-state index is 0.0862. The fraction of sp³-hybridized carbons (Fsp3) is 0.300. The van der Waals surface area contributed by atoms with Gasteiger partial charge in [-0.05, 0) is 19.1 Å². The number of benzene rings is 1. The molecule has 1 rings (SSSR count). The molecule has 1 aromatic carbocycles. The molecule has 0 atom stereocenters. The summed E-state index contributed by atoms with van der Waals surface area (Å²) in [5.41, 5.74) is 4.86. The summed E-state index contributed by atoms with van der Waals surface area (Å²) in [5, 5.41) is 0. The van der Waals surface area contributed by atoms with E-state index in [0.717, 1.165) is 12.1 Å². The molecule has 0 saturated carbocycles. The molecule has 0 spiro atoms. The number of carbonyl (C=O) groups excluding carboxylic acids is 1. The zero-order valence-corrected chi connectivity index (χ0v) is 8.88. The van der Waals surface area contributed by atoms with Crippen molar-refractivity contribution in [3.8, 4) is 11.5 Å². The van der Waals surface area contributed by atoms with Gasteiger partial charge < -0.3 is 15.2 Å². The zero-order valence-electron chi connectivity index (χ0n) is 8.88. The molecule has 0 unspecified atom stereocenters. The third-order valence-electron chi connectivity index (χ3n) is 1.71. The fourth-order valence-electron chi connectivity index (χ4n) is 1.16. The molecular formula is C10H10F3NO3. The first-order valence-corrected chi connectivity index (χ1v) is 4.65. The number of amides is 1. The van der Waals surface area contributed by atoms with E-state index >= 15 is 0 Å². The summed E-state index contributed by atoms with van der Waals surface area (Å²) < 4.78 is 44.7. The standard InChI is InChI=1S/C10H10F3NO3/c1-2-16-7-3-6(9(14)15)4-8(5-7)17-10(11,12)13/h3-5H,2H2,1H3,(H2,14,15). The number of halogens is 3. The number of rotatable bonds is 4. The van der Waals surface area contributed by atoms with E-state index in [1.54, 1.807) is 6.92 Å². The summed E-state index contributed by atoms with van der Waals surface area (Å²) in [6, 6.07) is 3.18. The molecule has 0 radical (unpaired) electrons. The molecule has 7 heteroatoms. The lowest BCUT2D eigenvalue weighted by Crippen LogP contribution is -2.18. The second kappa shape index (κ2) is 4.94. The highest BCUT2D eigenvalue weighted by Crippen LogP contribution is 2.28. The van der Waals surface area contributed by atoms with Crippen LogP contribution >= 0.6 is 0 Å². The number of nitrogens with two attached hydrogens (primary N) is 1. The maximum atomic E-state index is 12.0. The van der Waals surface area contributed by atoms with Crippen LogP contribution in [0.2, 0.25) is 0 Å². The predicted octanol–water partition coefficient (Wildman–Crippen LogP) is 2.08. The van der Waals surface area contributed by atoms with Crippen molar-refractivity contribution in [2.45, 2.75) is 13.3 Å². The SMILES string of the molecule is CCOc1cc(OC(F)(F)F)cc(C(N)=O)c1. The Morgan fingerprint density at radius 1 is 1.29 bits per heavy atom. The summed E-state index contributed by atoms with van der Waals surface area (Å²) >= 11 is 0. The summed E-state index contributed by atoms with van der Waals surface area (Å²) in [6.07, 6.45) is -4.83. The Labute approximate surface area is 95.1 Å². The second-order valence-corrected chi connectivity index (χ2v) is 3.04. The van der Waals surface area contributed by atoms with Gasteiger partial charge in [-0.1, -0.05) is 0 Å².